The van der Waals surface area contributed by atoms with Crippen molar-refractivity contribution in [2.24, 2.45) is 0 Å². The number of ether oxygens (including phenoxy) is 4. The Morgan fingerprint density at radius 1 is 0.800 bits per heavy atom. The van der Waals surface area contributed by atoms with Crippen molar-refractivity contribution < 1.29 is 48.3 Å². The first-order valence-corrected chi connectivity index (χ1v) is 12.3. The standard InChI is InChI=1S/C27H33N3O10/c1-37-21-15-19(16-22(17-21)38-2)7-6-18-8-10-20(11-9-18)40-27(36)39-14-13-28-24(31)23(30-26(34)35)5-3-4-12-29-25(32)33/h6-11,15-17,23,29-30H,3-5,12-14H2,1-2H3,(H,28,31)(H,32,33)(H,34,35)/b7-6+. The van der Waals surface area contributed by atoms with Crippen molar-refractivity contribution in [1.29, 1.82) is 0 Å². The molecule has 0 fully saturated rings. The lowest BCUT2D eigenvalue weighted by Crippen LogP contribution is -2.47. The maximum absolute atomic E-state index is 12.3. The number of carbonyl (C=O) groups excluding carboxylic acids is 2. The largest absolute Gasteiger partial charge is 0.513 e. The summed E-state index contributed by atoms with van der Waals surface area (Å²) in [6.07, 6.45) is 1.27. The van der Waals surface area contributed by atoms with Crippen LogP contribution in [0.1, 0.15) is 30.4 Å². The van der Waals surface area contributed by atoms with E-state index in [0.717, 1.165) is 11.1 Å². The minimum absolute atomic E-state index is 0.0644. The zero-order valence-corrected chi connectivity index (χ0v) is 22.2. The zero-order valence-electron chi connectivity index (χ0n) is 22.2. The zero-order chi connectivity index (χ0) is 29.3. The molecule has 0 saturated heterocycles. The summed E-state index contributed by atoms with van der Waals surface area (Å²) in [5.74, 6) is 1.000. The van der Waals surface area contributed by atoms with E-state index in [1.165, 1.54) is 0 Å². The summed E-state index contributed by atoms with van der Waals surface area (Å²) < 4.78 is 20.6. The van der Waals surface area contributed by atoms with E-state index in [1.54, 1.807) is 44.6 Å². The second-order valence-corrected chi connectivity index (χ2v) is 8.27. The number of unbranched alkanes of at least 4 members (excludes halogenated alkanes) is 1. The quantitative estimate of drug-likeness (QED) is 0.0936. The Morgan fingerprint density at radius 2 is 1.45 bits per heavy atom. The van der Waals surface area contributed by atoms with Gasteiger partial charge in [0, 0.05) is 12.6 Å². The third-order valence-electron chi connectivity index (χ3n) is 5.35. The van der Waals surface area contributed by atoms with Crippen molar-refractivity contribution >= 4 is 36.4 Å². The molecular formula is C27H33N3O10. The molecule has 1 atom stereocenters. The molecule has 0 saturated carbocycles. The second kappa shape index (κ2) is 16.8. The minimum Gasteiger partial charge on any atom is -0.497 e. The van der Waals surface area contributed by atoms with Gasteiger partial charge in [0.05, 0.1) is 20.8 Å². The Balaban J connectivity index is 1.75. The lowest BCUT2D eigenvalue weighted by Gasteiger charge is -2.16. The van der Waals surface area contributed by atoms with Crippen LogP contribution in [0.4, 0.5) is 14.4 Å². The first-order valence-electron chi connectivity index (χ1n) is 12.3. The molecule has 3 amide bonds. The van der Waals surface area contributed by atoms with E-state index >= 15 is 0 Å². The van der Waals surface area contributed by atoms with Crippen LogP contribution in [-0.4, -0.2) is 74.4 Å². The van der Waals surface area contributed by atoms with Gasteiger partial charge in [-0.1, -0.05) is 24.3 Å². The lowest BCUT2D eigenvalue weighted by molar-refractivity contribution is -0.123. The predicted molar refractivity (Wildman–Crippen MR) is 145 cm³/mol. The Bertz CT molecular complexity index is 1150. The van der Waals surface area contributed by atoms with E-state index in [1.807, 2.05) is 24.3 Å². The third-order valence-corrected chi connectivity index (χ3v) is 5.35. The summed E-state index contributed by atoms with van der Waals surface area (Å²) in [7, 11) is 3.15. The molecule has 13 nitrogen and oxygen atoms in total. The van der Waals surface area contributed by atoms with Crippen LogP contribution in [0.2, 0.25) is 0 Å². The van der Waals surface area contributed by atoms with E-state index < -0.39 is 30.3 Å². The summed E-state index contributed by atoms with van der Waals surface area (Å²) >= 11 is 0. The fourth-order valence-electron chi connectivity index (χ4n) is 3.41. The van der Waals surface area contributed by atoms with Gasteiger partial charge in [-0.3, -0.25) is 4.79 Å². The maximum atomic E-state index is 12.3. The molecule has 0 heterocycles. The molecule has 0 bridgehead atoms. The van der Waals surface area contributed by atoms with Crippen molar-refractivity contribution in [3.8, 4) is 17.2 Å². The smallest absolute Gasteiger partial charge is 0.497 e. The van der Waals surface area contributed by atoms with Crippen LogP contribution in [0.5, 0.6) is 17.2 Å². The minimum atomic E-state index is -1.37. The molecule has 1 unspecified atom stereocenters. The number of carboxylic acid groups (broad SMARTS) is 2. The molecule has 0 spiro atoms. The molecule has 13 heteroatoms. The topological polar surface area (TPSA) is 182 Å². The van der Waals surface area contributed by atoms with Gasteiger partial charge in [-0.05, 0) is 54.7 Å². The van der Waals surface area contributed by atoms with Gasteiger partial charge in [0.15, 0.2) is 0 Å². The van der Waals surface area contributed by atoms with E-state index in [0.29, 0.717) is 24.3 Å². The van der Waals surface area contributed by atoms with Gasteiger partial charge >= 0.3 is 18.3 Å². The maximum Gasteiger partial charge on any atom is 0.513 e. The van der Waals surface area contributed by atoms with Gasteiger partial charge < -0.3 is 45.1 Å². The Hall–Kier alpha value is -4.94. The number of benzene rings is 2. The van der Waals surface area contributed by atoms with E-state index in [-0.39, 0.29) is 31.9 Å². The summed E-state index contributed by atoms with van der Waals surface area (Å²) in [5, 5.41) is 24.3. The average molecular weight is 560 g/mol. The van der Waals surface area contributed by atoms with Crippen LogP contribution in [-0.2, 0) is 9.53 Å². The normalized spacial score (nSPS) is 11.2. The molecule has 0 aromatic heterocycles. The molecular weight excluding hydrogens is 526 g/mol. The highest BCUT2D eigenvalue weighted by atomic mass is 16.7. The first kappa shape index (κ1) is 31.3. The molecule has 40 heavy (non-hydrogen) atoms. The molecule has 0 aliphatic carbocycles. The number of carbonyl (C=O) groups is 4. The predicted octanol–water partition coefficient (Wildman–Crippen LogP) is 3.58. The molecule has 2 aromatic carbocycles. The van der Waals surface area contributed by atoms with Gasteiger partial charge in [-0.15, -0.1) is 0 Å². The van der Waals surface area contributed by atoms with Crippen LogP contribution in [0.25, 0.3) is 12.2 Å². The van der Waals surface area contributed by atoms with Gasteiger partial charge in [0.1, 0.15) is 29.9 Å². The Kier molecular flexibility index (Phi) is 13.1. The number of hydrogen-bond donors (Lipinski definition) is 5. The fraction of sp³-hybridized carbons (Fsp3) is 0.333. The van der Waals surface area contributed by atoms with Crippen LogP contribution >= 0.6 is 0 Å². The number of nitrogens with one attached hydrogen (secondary N) is 3. The SMILES string of the molecule is COc1cc(/C=C/c2ccc(OC(=O)OCCNC(=O)C(CCCCNC(=O)O)NC(=O)O)cc2)cc(OC)c1. The van der Waals surface area contributed by atoms with Crippen LogP contribution in [0, 0.1) is 0 Å². The van der Waals surface area contributed by atoms with Crippen LogP contribution in [0.3, 0.4) is 0 Å². The van der Waals surface area contributed by atoms with E-state index in [4.69, 9.17) is 29.2 Å². The average Bonchev–Trinajstić information content (AvgIpc) is 2.93. The summed E-state index contributed by atoms with van der Waals surface area (Å²) in [6, 6.07) is 11.2. The highest BCUT2D eigenvalue weighted by Gasteiger charge is 2.20. The number of rotatable bonds is 15. The third kappa shape index (κ3) is 12.1. The van der Waals surface area contributed by atoms with E-state index in [2.05, 4.69) is 16.0 Å². The summed E-state index contributed by atoms with van der Waals surface area (Å²) in [6.45, 7) is -0.0755. The fourth-order valence-corrected chi connectivity index (χ4v) is 3.41. The Labute approximate surface area is 231 Å². The van der Waals surface area contributed by atoms with Crippen molar-refractivity contribution in [2.45, 2.75) is 25.3 Å². The lowest BCUT2D eigenvalue weighted by atomic mass is 10.1. The molecule has 5 N–H and O–H groups in total. The molecule has 0 aliphatic rings. The van der Waals surface area contributed by atoms with Gasteiger partial charge in [0.2, 0.25) is 5.91 Å². The van der Waals surface area contributed by atoms with Gasteiger partial charge in [-0.25, -0.2) is 14.4 Å². The molecule has 0 aliphatic heterocycles. The van der Waals surface area contributed by atoms with Crippen LogP contribution in [0.15, 0.2) is 42.5 Å². The molecule has 2 rings (SSSR count). The van der Waals surface area contributed by atoms with Crippen molar-refractivity contribution in [3.63, 3.8) is 0 Å². The number of amides is 3. The molecule has 0 radical (unpaired) electrons. The molecule has 216 valence electrons. The Morgan fingerprint density at radius 3 is 2.05 bits per heavy atom. The van der Waals surface area contributed by atoms with Crippen molar-refractivity contribution in [2.75, 3.05) is 33.9 Å². The van der Waals surface area contributed by atoms with Gasteiger partial charge in [0.25, 0.3) is 0 Å². The number of hydrogen-bond acceptors (Lipinski definition) is 8. The van der Waals surface area contributed by atoms with Crippen molar-refractivity contribution in [1.82, 2.24) is 16.0 Å². The summed E-state index contributed by atoms with van der Waals surface area (Å²) in [5.41, 5.74) is 1.73. The van der Waals surface area contributed by atoms with Gasteiger partial charge in [-0.2, -0.15) is 0 Å². The second-order valence-electron chi connectivity index (χ2n) is 8.27. The highest BCUT2D eigenvalue weighted by Crippen LogP contribution is 2.24. The first-order chi connectivity index (χ1) is 19.2. The number of methoxy groups -OCH3 is 2. The molecule has 2 aromatic rings. The monoisotopic (exact) mass is 559 g/mol. The van der Waals surface area contributed by atoms with Crippen molar-refractivity contribution in [3.05, 3.63) is 53.6 Å². The van der Waals surface area contributed by atoms with Crippen LogP contribution < -0.4 is 30.2 Å². The highest BCUT2D eigenvalue weighted by molar-refractivity contribution is 5.85. The summed E-state index contributed by atoms with van der Waals surface area (Å²) in [4.78, 5) is 45.7. The van der Waals surface area contributed by atoms with E-state index in [9.17, 15) is 19.2 Å².